The lowest BCUT2D eigenvalue weighted by atomic mass is 9.99. The van der Waals surface area contributed by atoms with E-state index in [1.807, 2.05) is 37.3 Å². The lowest BCUT2D eigenvalue weighted by Gasteiger charge is -2.11. The first kappa shape index (κ1) is 17.3. The highest BCUT2D eigenvalue weighted by Gasteiger charge is 2.16. The summed E-state index contributed by atoms with van der Waals surface area (Å²) >= 11 is 1.35. The fourth-order valence-corrected chi connectivity index (χ4v) is 3.70. The number of carbonyl (C=O) groups excluding carboxylic acids is 1. The third-order valence-corrected chi connectivity index (χ3v) is 5.12. The molecule has 27 heavy (non-hydrogen) atoms. The van der Waals surface area contributed by atoms with Gasteiger partial charge in [0, 0.05) is 10.9 Å². The van der Waals surface area contributed by atoms with E-state index < -0.39 is 0 Å². The lowest BCUT2D eigenvalue weighted by molar-refractivity contribution is 0.102. The van der Waals surface area contributed by atoms with Crippen molar-refractivity contribution in [3.8, 4) is 11.3 Å². The van der Waals surface area contributed by atoms with Gasteiger partial charge < -0.3 is 0 Å². The van der Waals surface area contributed by atoms with Crippen molar-refractivity contribution < 1.29 is 4.79 Å². The predicted octanol–water partition coefficient (Wildman–Crippen LogP) is 4.93. The maximum atomic E-state index is 13.0. The van der Waals surface area contributed by atoms with Crippen molar-refractivity contribution in [2.75, 3.05) is 5.32 Å². The number of anilines is 1. The van der Waals surface area contributed by atoms with Gasteiger partial charge in [0.15, 0.2) is 0 Å². The standard InChI is InChI=1S/C21H18N4OS/c1-12-8-9-15(13(2)10-12)19-11-17(16-6-4-5-7-18(16)22-19)20(26)23-21-25-24-14(3)27-21/h4-11H,1-3H3,(H,23,25,26). The van der Waals surface area contributed by atoms with Crippen LogP contribution in [0.15, 0.2) is 48.5 Å². The smallest absolute Gasteiger partial charge is 0.258 e. The molecule has 2 aromatic carbocycles. The summed E-state index contributed by atoms with van der Waals surface area (Å²) in [5.41, 5.74) is 5.49. The monoisotopic (exact) mass is 374 g/mol. The van der Waals surface area contributed by atoms with Gasteiger partial charge >= 0.3 is 0 Å². The molecule has 0 aliphatic rings. The number of benzene rings is 2. The van der Waals surface area contributed by atoms with Crippen LogP contribution in [0.5, 0.6) is 0 Å². The summed E-state index contributed by atoms with van der Waals surface area (Å²) in [6, 6.07) is 15.8. The first-order chi connectivity index (χ1) is 13.0. The third-order valence-electron chi connectivity index (χ3n) is 4.37. The van der Waals surface area contributed by atoms with Gasteiger partial charge in [-0.2, -0.15) is 0 Å². The first-order valence-electron chi connectivity index (χ1n) is 8.60. The summed E-state index contributed by atoms with van der Waals surface area (Å²) in [6.07, 6.45) is 0. The number of fused-ring (bicyclic) bond motifs is 1. The molecule has 0 spiro atoms. The molecule has 0 aliphatic heterocycles. The van der Waals surface area contributed by atoms with E-state index in [2.05, 4.69) is 47.6 Å². The molecule has 1 N–H and O–H groups in total. The maximum absolute atomic E-state index is 13.0. The second kappa shape index (κ2) is 6.89. The largest absolute Gasteiger partial charge is 0.296 e. The van der Waals surface area contributed by atoms with E-state index in [1.54, 1.807) is 0 Å². The van der Waals surface area contributed by atoms with Crippen LogP contribution in [0.4, 0.5) is 5.13 Å². The highest BCUT2D eigenvalue weighted by atomic mass is 32.1. The van der Waals surface area contributed by atoms with Crippen LogP contribution in [-0.4, -0.2) is 21.1 Å². The first-order valence-corrected chi connectivity index (χ1v) is 9.42. The van der Waals surface area contributed by atoms with Crippen LogP contribution in [0, 0.1) is 20.8 Å². The molecule has 2 heterocycles. The quantitative estimate of drug-likeness (QED) is 0.552. The average molecular weight is 374 g/mol. The maximum Gasteiger partial charge on any atom is 0.258 e. The second-order valence-electron chi connectivity index (χ2n) is 6.47. The third kappa shape index (κ3) is 3.44. The topological polar surface area (TPSA) is 67.8 Å². The molecule has 4 rings (SSSR count). The molecular formula is C21H18N4OS. The van der Waals surface area contributed by atoms with E-state index >= 15 is 0 Å². The molecule has 6 heteroatoms. The molecule has 1 amide bonds. The lowest BCUT2D eigenvalue weighted by Crippen LogP contribution is -2.13. The van der Waals surface area contributed by atoms with Crippen LogP contribution in [0.1, 0.15) is 26.5 Å². The van der Waals surface area contributed by atoms with E-state index in [1.165, 1.54) is 16.9 Å². The number of para-hydroxylation sites is 1. The van der Waals surface area contributed by atoms with Crippen molar-refractivity contribution in [3.05, 3.63) is 70.2 Å². The van der Waals surface area contributed by atoms with Gasteiger partial charge in [-0.1, -0.05) is 53.3 Å². The molecule has 0 unspecified atom stereocenters. The second-order valence-corrected chi connectivity index (χ2v) is 7.65. The number of carbonyl (C=O) groups is 1. The summed E-state index contributed by atoms with van der Waals surface area (Å²) in [6.45, 7) is 5.98. The van der Waals surface area contributed by atoms with Gasteiger partial charge in [-0.25, -0.2) is 4.98 Å². The van der Waals surface area contributed by atoms with Crippen molar-refractivity contribution in [2.45, 2.75) is 20.8 Å². The van der Waals surface area contributed by atoms with Crippen LogP contribution >= 0.6 is 11.3 Å². The minimum atomic E-state index is -0.212. The Morgan fingerprint density at radius 3 is 2.56 bits per heavy atom. The Labute approximate surface area is 161 Å². The molecular weight excluding hydrogens is 356 g/mol. The van der Waals surface area contributed by atoms with Crippen LogP contribution < -0.4 is 5.32 Å². The molecule has 0 saturated carbocycles. The summed E-state index contributed by atoms with van der Waals surface area (Å²) in [7, 11) is 0. The Balaban J connectivity index is 1.84. The predicted molar refractivity (Wildman–Crippen MR) is 109 cm³/mol. The molecule has 134 valence electrons. The molecule has 0 radical (unpaired) electrons. The highest BCUT2D eigenvalue weighted by molar-refractivity contribution is 7.15. The SMILES string of the molecule is Cc1ccc(-c2cc(C(=O)Nc3nnc(C)s3)c3ccccc3n2)c(C)c1. The van der Waals surface area contributed by atoms with Gasteiger partial charge in [-0.15, -0.1) is 10.2 Å². The van der Waals surface area contributed by atoms with Gasteiger partial charge in [0.1, 0.15) is 5.01 Å². The molecule has 5 nitrogen and oxygen atoms in total. The molecule has 0 fully saturated rings. The van der Waals surface area contributed by atoms with E-state index in [4.69, 9.17) is 4.98 Å². The molecule has 0 atom stereocenters. The Bertz CT molecular complexity index is 1170. The summed E-state index contributed by atoms with van der Waals surface area (Å²) < 4.78 is 0. The minimum absolute atomic E-state index is 0.212. The van der Waals surface area contributed by atoms with Gasteiger partial charge in [-0.05, 0) is 38.5 Å². The Morgan fingerprint density at radius 2 is 1.81 bits per heavy atom. The van der Waals surface area contributed by atoms with E-state index in [0.29, 0.717) is 10.7 Å². The number of nitrogens with one attached hydrogen (secondary N) is 1. The minimum Gasteiger partial charge on any atom is -0.296 e. The molecule has 0 aliphatic carbocycles. The van der Waals surface area contributed by atoms with E-state index in [9.17, 15) is 4.79 Å². The van der Waals surface area contributed by atoms with Crippen molar-refractivity contribution in [1.82, 2.24) is 15.2 Å². The zero-order valence-electron chi connectivity index (χ0n) is 15.3. The Kier molecular flexibility index (Phi) is 4.41. The number of hydrogen-bond donors (Lipinski definition) is 1. The normalized spacial score (nSPS) is 10.9. The number of aromatic nitrogens is 3. The number of aryl methyl sites for hydroxylation is 3. The van der Waals surface area contributed by atoms with Gasteiger partial charge in [0.05, 0.1) is 16.8 Å². The van der Waals surface area contributed by atoms with Crippen molar-refractivity contribution >= 4 is 33.3 Å². The van der Waals surface area contributed by atoms with Gasteiger partial charge in [0.25, 0.3) is 5.91 Å². The zero-order valence-corrected chi connectivity index (χ0v) is 16.1. The molecule has 0 bridgehead atoms. The van der Waals surface area contributed by atoms with E-state index in [0.717, 1.165) is 32.7 Å². The fraction of sp³-hybridized carbons (Fsp3) is 0.143. The highest BCUT2D eigenvalue weighted by Crippen LogP contribution is 2.28. The van der Waals surface area contributed by atoms with Crippen molar-refractivity contribution in [1.29, 1.82) is 0 Å². The van der Waals surface area contributed by atoms with Crippen LogP contribution in [0.2, 0.25) is 0 Å². The Morgan fingerprint density at radius 1 is 1.00 bits per heavy atom. The summed E-state index contributed by atoms with van der Waals surface area (Å²) in [5.74, 6) is -0.212. The number of rotatable bonds is 3. The van der Waals surface area contributed by atoms with Crippen molar-refractivity contribution in [3.63, 3.8) is 0 Å². The molecule has 4 aromatic rings. The van der Waals surface area contributed by atoms with Gasteiger partial charge in [0.2, 0.25) is 5.13 Å². The zero-order chi connectivity index (χ0) is 19.0. The molecule has 2 aromatic heterocycles. The van der Waals surface area contributed by atoms with Crippen LogP contribution in [0.25, 0.3) is 22.2 Å². The molecule has 0 saturated heterocycles. The number of hydrogen-bond acceptors (Lipinski definition) is 5. The fourth-order valence-electron chi connectivity index (χ4n) is 3.11. The summed E-state index contributed by atoms with van der Waals surface area (Å²) in [4.78, 5) is 17.7. The van der Waals surface area contributed by atoms with Gasteiger partial charge in [-0.3, -0.25) is 10.1 Å². The Hall–Kier alpha value is -3.12. The average Bonchev–Trinajstić information content (AvgIpc) is 3.05. The summed E-state index contributed by atoms with van der Waals surface area (Å²) in [5, 5.41) is 12.9. The van der Waals surface area contributed by atoms with E-state index in [-0.39, 0.29) is 5.91 Å². The van der Waals surface area contributed by atoms with Crippen LogP contribution in [0.3, 0.4) is 0 Å². The number of amides is 1. The number of nitrogens with zero attached hydrogens (tertiary/aromatic N) is 3. The van der Waals surface area contributed by atoms with Crippen molar-refractivity contribution in [2.24, 2.45) is 0 Å². The van der Waals surface area contributed by atoms with Crippen LogP contribution in [-0.2, 0) is 0 Å². The number of pyridine rings is 1.